The molecule has 0 spiro atoms. The molecule has 1 fully saturated rings. The normalized spacial score (nSPS) is 23.5. The van der Waals surface area contributed by atoms with Gasteiger partial charge in [-0.25, -0.2) is 4.79 Å². The lowest BCUT2D eigenvalue weighted by molar-refractivity contribution is -0.144. The molecule has 0 unspecified atom stereocenters. The van der Waals surface area contributed by atoms with Crippen LogP contribution in [-0.4, -0.2) is 45.0 Å². The lowest BCUT2D eigenvalue weighted by Gasteiger charge is -2.38. The average Bonchev–Trinajstić information content (AvgIpc) is 2.85. The quantitative estimate of drug-likeness (QED) is 0.175. The molecule has 0 saturated carbocycles. The highest BCUT2D eigenvalue weighted by Gasteiger charge is 2.40. The van der Waals surface area contributed by atoms with Gasteiger partial charge in [0.25, 0.3) is 0 Å². The van der Waals surface area contributed by atoms with E-state index in [9.17, 15) is 4.79 Å². The monoisotopic (exact) mass is 428 g/mol. The van der Waals surface area contributed by atoms with Gasteiger partial charge in [0.15, 0.2) is 14.1 Å². The van der Waals surface area contributed by atoms with Crippen molar-refractivity contribution in [2.45, 2.75) is 123 Å². The fraction of sp³-hybridized carbons (Fsp3) is 0.870. The second-order valence-corrected chi connectivity index (χ2v) is 14.8. The second kappa shape index (κ2) is 11.1. The van der Waals surface area contributed by atoms with Gasteiger partial charge in [-0.15, -0.1) is 0 Å². The van der Waals surface area contributed by atoms with Crippen LogP contribution in [0.3, 0.4) is 0 Å². The Kier molecular flexibility index (Phi) is 10.1. The Labute approximate surface area is 179 Å². The fourth-order valence-electron chi connectivity index (χ4n) is 3.31. The van der Waals surface area contributed by atoms with Crippen molar-refractivity contribution in [3.05, 3.63) is 12.2 Å². The fourth-order valence-corrected chi connectivity index (χ4v) is 4.78. The third kappa shape index (κ3) is 9.32. The van der Waals surface area contributed by atoms with Gasteiger partial charge >= 0.3 is 5.97 Å². The van der Waals surface area contributed by atoms with E-state index in [1.54, 1.807) is 13.0 Å². The third-order valence-electron chi connectivity index (χ3n) is 5.83. The van der Waals surface area contributed by atoms with E-state index >= 15 is 0 Å². The van der Waals surface area contributed by atoms with E-state index in [2.05, 4.69) is 40.8 Å². The summed E-state index contributed by atoms with van der Waals surface area (Å²) >= 11 is 0. The first kappa shape index (κ1) is 26.3. The van der Waals surface area contributed by atoms with Crippen LogP contribution in [0, 0.1) is 0 Å². The molecule has 0 amide bonds. The Morgan fingerprint density at radius 3 is 2.41 bits per heavy atom. The van der Waals surface area contributed by atoms with Crippen molar-refractivity contribution in [1.82, 2.24) is 0 Å². The Balaban J connectivity index is 2.39. The lowest BCUT2D eigenvalue weighted by atomic mass is 10.0. The van der Waals surface area contributed by atoms with Gasteiger partial charge in [-0.2, -0.15) is 0 Å². The van der Waals surface area contributed by atoms with Gasteiger partial charge in [0, 0.05) is 12.2 Å². The highest BCUT2D eigenvalue weighted by molar-refractivity contribution is 6.74. The van der Waals surface area contributed by atoms with E-state index in [0.29, 0.717) is 12.7 Å². The minimum Gasteiger partial charge on any atom is -0.463 e. The van der Waals surface area contributed by atoms with Gasteiger partial charge < -0.3 is 18.6 Å². The molecule has 0 aliphatic carbocycles. The van der Waals surface area contributed by atoms with Crippen molar-refractivity contribution >= 4 is 14.3 Å². The molecule has 5 nitrogen and oxygen atoms in total. The van der Waals surface area contributed by atoms with Crippen LogP contribution in [0.25, 0.3) is 0 Å². The molecule has 170 valence electrons. The number of carbonyl (C=O) groups excluding carboxylic acids is 1. The van der Waals surface area contributed by atoms with E-state index in [4.69, 9.17) is 18.6 Å². The number of ether oxygens (including phenoxy) is 3. The lowest BCUT2D eigenvalue weighted by Crippen LogP contribution is -2.43. The predicted octanol–water partition coefficient (Wildman–Crippen LogP) is 5.99. The number of carbonyl (C=O) groups is 1. The molecule has 0 aromatic rings. The van der Waals surface area contributed by atoms with Crippen molar-refractivity contribution < 1.29 is 23.4 Å². The summed E-state index contributed by atoms with van der Waals surface area (Å²) in [5.74, 6) is -0.963. The molecular formula is C23H44O5Si. The molecular weight excluding hydrogens is 384 g/mol. The van der Waals surface area contributed by atoms with Gasteiger partial charge in [-0.3, -0.25) is 0 Å². The molecule has 0 aromatic heterocycles. The molecule has 6 heteroatoms. The van der Waals surface area contributed by atoms with Crippen molar-refractivity contribution in [3.8, 4) is 0 Å². The average molecular weight is 429 g/mol. The van der Waals surface area contributed by atoms with Crippen molar-refractivity contribution in [2.75, 3.05) is 6.61 Å². The minimum atomic E-state index is -1.69. The Morgan fingerprint density at radius 1 is 1.17 bits per heavy atom. The molecule has 1 aliphatic heterocycles. The van der Waals surface area contributed by atoms with Crippen molar-refractivity contribution in [2.24, 2.45) is 0 Å². The summed E-state index contributed by atoms with van der Waals surface area (Å²) in [5.41, 5.74) is 0. The molecule has 0 bridgehead atoms. The van der Waals surface area contributed by atoms with E-state index < -0.39 is 14.1 Å². The maximum Gasteiger partial charge on any atom is 0.330 e. The third-order valence-corrected chi connectivity index (χ3v) is 10.4. The van der Waals surface area contributed by atoms with Crippen LogP contribution in [0.15, 0.2) is 12.2 Å². The standard InChI is InChI=1S/C23H44O5Si/c1-10-25-21(24)17-16-20-19(26-23(6,7)27-20)15-13-11-12-14-18(2)28-29(8,9)22(3,4)5/h16-20H,10-15H2,1-9H3/b17-16+/t18-,19-,20-/m1/s1. The largest absolute Gasteiger partial charge is 0.463 e. The van der Waals surface area contributed by atoms with Crippen LogP contribution in [0.2, 0.25) is 18.1 Å². The summed E-state index contributed by atoms with van der Waals surface area (Å²) in [6.45, 7) is 19.7. The zero-order valence-corrected chi connectivity index (χ0v) is 21.2. The molecule has 3 atom stereocenters. The van der Waals surface area contributed by atoms with Gasteiger partial charge in [0.05, 0.1) is 12.7 Å². The van der Waals surface area contributed by atoms with E-state index in [-0.39, 0.29) is 23.2 Å². The number of unbranched alkanes of at least 4 members (excludes halogenated alkanes) is 2. The van der Waals surface area contributed by atoms with Crippen molar-refractivity contribution in [3.63, 3.8) is 0 Å². The summed E-state index contributed by atoms with van der Waals surface area (Å²) in [6, 6.07) is 0. The maximum atomic E-state index is 11.6. The SMILES string of the molecule is CCOC(=O)/C=C/[C@H]1OC(C)(C)O[C@@H]1CCCCC[C@@H](C)O[Si](C)(C)C(C)(C)C. The number of esters is 1. The van der Waals surface area contributed by atoms with Crippen LogP contribution < -0.4 is 0 Å². The molecule has 29 heavy (non-hydrogen) atoms. The topological polar surface area (TPSA) is 54.0 Å². The molecule has 1 saturated heterocycles. The second-order valence-electron chi connectivity index (χ2n) is 10.1. The van der Waals surface area contributed by atoms with Crippen LogP contribution in [0.4, 0.5) is 0 Å². The minimum absolute atomic E-state index is 0.0309. The maximum absolute atomic E-state index is 11.6. The molecule has 1 heterocycles. The summed E-state index contributed by atoms with van der Waals surface area (Å²) in [5, 5.41) is 0.250. The Hall–Kier alpha value is -0.693. The van der Waals surface area contributed by atoms with E-state index in [1.807, 2.05) is 13.8 Å². The van der Waals surface area contributed by atoms with Gasteiger partial charge in [-0.1, -0.05) is 40.0 Å². The van der Waals surface area contributed by atoms with Crippen LogP contribution >= 0.6 is 0 Å². The van der Waals surface area contributed by atoms with Gasteiger partial charge in [-0.05, 0) is 64.7 Å². The first-order valence-corrected chi connectivity index (χ1v) is 14.1. The Morgan fingerprint density at radius 2 is 1.83 bits per heavy atom. The molecule has 0 radical (unpaired) electrons. The number of hydrogen-bond acceptors (Lipinski definition) is 5. The number of hydrogen-bond donors (Lipinski definition) is 0. The first-order valence-electron chi connectivity index (χ1n) is 11.2. The highest BCUT2D eigenvalue weighted by atomic mass is 28.4. The summed E-state index contributed by atoms with van der Waals surface area (Å²) < 4.78 is 23.4. The van der Waals surface area contributed by atoms with Gasteiger partial charge in [0.1, 0.15) is 6.10 Å². The smallest absolute Gasteiger partial charge is 0.330 e. The van der Waals surface area contributed by atoms with E-state index in [1.165, 1.54) is 6.08 Å². The number of rotatable bonds is 11. The van der Waals surface area contributed by atoms with E-state index in [0.717, 1.165) is 32.1 Å². The molecule has 0 N–H and O–H groups in total. The summed E-state index contributed by atoms with van der Waals surface area (Å²) in [4.78, 5) is 11.6. The van der Waals surface area contributed by atoms with Crippen LogP contribution in [0.5, 0.6) is 0 Å². The summed E-state index contributed by atoms with van der Waals surface area (Å²) in [7, 11) is -1.69. The predicted molar refractivity (Wildman–Crippen MR) is 120 cm³/mol. The van der Waals surface area contributed by atoms with Crippen LogP contribution in [-0.2, 0) is 23.4 Å². The zero-order valence-electron chi connectivity index (χ0n) is 20.2. The molecule has 1 rings (SSSR count). The Bertz CT molecular complexity index is 536. The molecule has 1 aliphatic rings. The first-order chi connectivity index (χ1) is 13.3. The van der Waals surface area contributed by atoms with Crippen LogP contribution in [0.1, 0.15) is 80.6 Å². The highest BCUT2D eigenvalue weighted by Crippen LogP contribution is 2.38. The molecule has 0 aromatic carbocycles. The zero-order chi connectivity index (χ0) is 22.3. The van der Waals surface area contributed by atoms with Crippen molar-refractivity contribution in [1.29, 1.82) is 0 Å². The summed E-state index contributed by atoms with van der Waals surface area (Å²) in [6.07, 6.45) is 8.65. The van der Waals surface area contributed by atoms with Gasteiger partial charge in [0.2, 0.25) is 0 Å².